The van der Waals surface area contributed by atoms with Crippen molar-refractivity contribution in [1.82, 2.24) is 10.3 Å². The minimum atomic E-state index is -0.597. The summed E-state index contributed by atoms with van der Waals surface area (Å²) in [4.78, 5) is 25.5. The Morgan fingerprint density at radius 2 is 1.84 bits per heavy atom. The summed E-state index contributed by atoms with van der Waals surface area (Å²) in [6, 6.07) is 11.0. The average Bonchev–Trinajstić information content (AvgIpc) is 3.20. The molecule has 1 N–H and O–H groups in total. The molecule has 0 aliphatic heterocycles. The summed E-state index contributed by atoms with van der Waals surface area (Å²) in [6.07, 6.45) is 1.66. The molecular weight excluding hydrogens is 394 g/mol. The fourth-order valence-electron chi connectivity index (χ4n) is 3.76. The molecule has 0 saturated heterocycles. The molecule has 0 aliphatic rings. The Bertz CT molecular complexity index is 1350. The lowest BCUT2D eigenvalue weighted by Crippen LogP contribution is -2.16. The van der Waals surface area contributed by atoms with Crippen LogP contribution in [0.3, 0.4) is 0 Å². The Kier molecular flexibility index (Phi) is 5.42. The zero-order valence-corrected chi connectivity index (χ0v) is 17.9. The number of nitrogens with zero attached hydrogens (tertiary/aromatic N) is 2. The fraction of sp³-hybridized carbons (Fsp3) is 0.250. The van der Waals surface area contributed by atoms with E-state index >= 15 is 0 Å². The van der Waals surface area contributed by atoms with Gasteiger partial charge >= 0.3 is 0 Å². The number of aromatic nitrogens is 2. The van der Waals surface area contributed by atoms with Crippen molar-refractivity contribution in [2.45, 2.75) is 40.5 Å². The van der Waals surface area contributed by atoms with Gasteiger partial charge in [-0.2, -0.15) is 0 Å². The maximum absolute atomic E-state index is 12.9. The van der Waals surface area contributed by atoms with E-state index in [9.17, 15) is 9.59 Å². The Morgan fingerprint density at radius 1 is 1.03 bits per heavy atom. The van der Waals surface area contributed by atoms with E-state index in [4.69, 9.17) is 9.05 Å². The molecule has 4 aromatic rings. The van der Waals surface area contributed by atoms with Crippen molar-refractivity contribution in [3.05, 3.63) is 74.6 Å². The van der Waals surface area contributed by atoms with Crippen molar-refractivity contribution in [3.8, 4) is 11.3 Å². The van der Waals surface area contributed by atoms with Crippen LogP contribution in [0.5, 0.6) is 0 Å². The first-order chi connectivity index (χ1) is 14.9. The molecule has 7 heteroatoms. The van der Waals surface area contributed by atoms with E-state index < -0.39 is 5.91 Å². The van der Waals surface area contributed by atoms with Crippen LogP contribution in [0, 0.1) is 13.8 Å². The molecule has 2 aromatic carbocycles. The summed E-state index contributed by atoms with van der Waals surface area (Å²) in [5.41, 5.74) is 5.34. The van der Waals surface area contributed by atoms with Crippen LogP contribution in [0.1, 0.15) is 46.7 Å². The van der Waals surface area contributed by atoms with Crippen LogP contribution in [-0.4, -0.2) is 16.2 Å². The largest absolute Gasteiger partial charge is 0.451 e. The van der Waals surface area contributed by atoms with Crippen molar-refractivity contribution in [1.29, 1.82) is 0 Å². The summed E-state index contributed by atoms with van der Waals surface area (Å²) in [5, 5.41) is 11.0. The molecule has 0 bridgehead atoms. The van der Waals surface area contributed by atoms with Gasteiger partial charge in [-0.3, -0.25) is 14.9 Å². The molecular formula is C24H23N3O4. The molecule has 1 amide bonds. The van der Waals surface area contributed by atoms with E-state index in [0.29, 0.717) is 16.7 Å². The normalized spacial score (nSPS) is 11.1. The molecule has 0 radical (unpaired) electrons. The van der Waals surface area contributed by atoms with Crippen LogP contribution >= 0.6 is 0 Å². The number of hydrogen-bond donors (Lipinski definition) is 1. The van der Waals surface area contributed by atoms with Gasteiger partial charge < -0.3 is 4.42 Å². The summed E-state index contributed by atoms with van der Waals surface area (Å²) in [6.45, 7) is 7.86. The molecule has 31 heavy (non-hydrogen) atoms. The number of carbonyl (C=O) groups is 1. The molecule has 0 unspecified atom stereocenters. The number of rotatable bonds is 5. The SMILES string of the molecule is CCc1ccc(CC)c(-c2nonc2NC(=O)c2cc(=O)c3c(C)cc(C)cc3o2)c1. The lowest BCUT2D eigenvalue weighted by molar-refractivity contribution is 0.0996. The number of hydrogen-bond acceptors (Lipinski definition) is 6. The minimum absolute atomic E-state index is 0.102. The van der Waals surface area contributed by atoms with Crippen molar-refractivity contribution in [2.24, 2.45) is 0 Å². The first-order valence-electron chi connectivity index (χ1n) is 10.2. The first-order valence-corrected chi connectivity index (χ1v) is 10.2. The predicted molar refractivity (Wildman–Crippen MR) is 118 cm³/mol. The molecule has 0 atom stereocenters. The van der Waals surface area contributed by atoms with Gasteiger partial charge in [0, 0.05) is 11.6 Å². The van der Waals surface area contributed by atoms with Crippen molar-refractivity contribution < 1.29 is 13.8 Å². The van der Waals surface area contributed by atoms with Crippen molar-refractivity contribution >= 4 is 22.7 Å². The Morgan fingerprint density at radius 3 is 2.58 bits per heavy atom. The summed E-state index contributed by atoms with van der Waals surface area (Å²) in [7, 11) is 0. The molecule has 2 aromatic heterocycles. The summed E-state index contributed by atoms with van der Waals surface area (Å²) >= 11 is 0. The van der Waals surface area contributed by atoms with Gasteiger partial charge in [-0.15, -0.1) is 0 Å². The second-order valence-corrected chi connectivity index (χ2v) is 7.54. The quantitative estimate of drug-likeness (QED) is 0.499. The van der Waals surface area contributed by atoms with Crippen LogP contribution in [0.4, 0.5) is 5.82 Å². The molecule has 7 nitrogen and oxygen atoms in total. The number of anilines is 1. The molecule has 2 heterocycles. The van der Waals surface area contributed by atoms with Crippen molar-refractivity contribution in [3.63, 3.8) is 0 Å². The van der Waals surface area contributed by atoms with Gasteiger partial charge in [-0.1, -0.05) is 32.0 Å². The highest BCUT2D eigenvalue weighted by molar-refractivity contribution is 6.04. The summed E-state index contributed by atoms with van der Waals surface area (Å²) < 4.78 is 10.7. The number of aryl methyl sites for hydroxylation is 4. The lowest BCUT2D eigenvalue weighted by Gasteiger charge is -2.09. The van der Waals surface area contributed by atoms with Gasteiger partial charge in [0.25, 0.3) is 5.91 Å². The fourth-order valence-corrected chi connectivity index (χ4v) is 3.76. The minimum Gasteiger partial charge on any atom is -0.451 e. The van der Waals surface area contributed by atoms with E-state index in [-0.39, 0.29) is 17.0 Å². The van der Waals surface area contributed by atoms with E-state index in [1.54, 1.807) is 6.07 Å². The third-order valence-electron chi connectivity index (χ3n) is 5.33. The van der Waals surface area contributed by atoms with Gasteiger partial charge in [-0.05, 0) is 71.4 Å². The zero-order chi connectivity index (χ0) is 22.1. The highest BCUT2D eigenvalue weighted by Crippen LogP contribution is 2.30. The highest BCUT2D eigenvalue weighted by Gasteiger charge is 2.21. The molecule has 0 aliphatic carbocycles. The number of fused-ring (bicyclic) bond motifs is 1. The first kappa shape index (κ1) is 20.5. The van der Waals surface area contributed by atoms with E-state index in [1.165, 1.54) is 6.07 Å². The topological polar surface area (TPSA) is 98.2 Å². The number of amides is 1. The summed E-state index contributed by atoms with van der Waals surface area (Å²) in [5.74, 6) is -0.523. The predicted octanol–water partition coefficient (Wildman–Crippen LogP) is 4.84. The monoisotopic (exact) mass is 417 g/mol. The Balaban J connectivity index is 1.72. The maximum atomic E-state index is 12.9. The highest BCUT2D eigenvalue weighted by atomic mass is 16.6. The van der Waals surface area contributed by atoms with E-state index in [2.05, 4.69) is 28.6 Å². The van der Waals surface area contributed by atoms with E-state index in [0.717, 1.165) is 40.7 Å². The van der Waals surface area contributed by atoms with Crippen LogP contribution in [0.15, 0.2) is 50.2 Å². The standard InChI is InChI=1S/C24H23N3O4/c1-5-15-7-8-16(6-2)17(11-15)22-23(27-31-26-22)25-24(29)20-12-18(28)21-14(4)9-13(3)10-19(21)30-20/h7-12H,5-6H2,1-4H3,(H,25,27,29). The van der Waals surface area contributed by atoms with Crippen LogP contribution in [0.2, 0.25) is 0 Å². The number of nitrogens with one attached hydrogen (secondary N) is 1. The van der Waals surface area contributed by atoms with Crippen LogP contribution in [0.25, 0.3) is 22.2 Å². The van der Waals surface area contributed by atoms with Gasteiger partial charge in [0.15, 0.2) is 16.9 Å². The van der Waals surface area contributed by atoms with Gasteiger partial charge in [-0.25, -0.2) is 4.63 Å². The number of carbonyl (C=O) groups excluding carboxylic acids is 1. The van der Waals surface area contributed by atoms with E-state index in [1.807, 2.05) is 39.0 Å². The van der Waals surface area contributed by atoms with Crippen LogP contribution in [-0.2, 0) is 12.8 Å². The van der Waals surface area contributed by atoms with Crippen LogP contribution < -0.4 is 10.7 Å². The second kappa shape index (κ2) is 8.18. The number of benzene rings is 2. The lowest BCUT2D eigenvalue weighted by atomic mass is 9.98. The Labute approximate surface area is 179 Å². The molecule has 4 rings (SSSR count). The third kappa shape index (κ3) is 3.86. The molecule has 158 valence electrons. The maximum Gasteiger partial charge on any atom is 0.292 e. The molecule has 0 fully saturated rings. The zero-order valence-electron chi connectivity index (χ0n) is 17.9. The Hall–Kier alpha value is -3.74. The average molecular weight is 417 g/mol. The smallest absolute Gasteiger partial charge is 0.292 e. The molecule has 0 spiro atoms. The molecule has 0 saturated carbocycles. The van der Waals surface area contributed by atoms with Gasteiger partial charge in [0.1, 0.15) is 5.58 Å². The van der Waals surface area contributed by atoms with Crippen molar-refractivity contribution in [2.75, 3.05) is 5.32 Å². The van der Waals surface area contributed by atoms with Gasteiger partial charge in [0.05, 0.1) is 5.39 Å². The second-order valence-electron chi connectivity index (χ2n) is 7.54. The van der Waals surface area contributed by atoms with Gasteiger partial charge in [0.2, 0.25) is 5.82 Å². The third-order valence-corrected chi connectivity index (χ3v) is 5.33.